The van der Waals surface area contributed by atoms with E-state index in [4.69, 9.17) is 0 Å². The number of carbonyl (C=O) groups is 1. The first kappa shape index (κ1) is 12.5. The maximum Gasteiger partial charge on any atom is 0.222 e. The number of likely N-dealkylation sites (tertiary alicyclic amines) is 1. The smallest absolute Gasteiger partial charge is 0.222 e. The number of piperidine rings is 1. The van der Waals surface area contributed by atoms with E-state index in [2.05, 4.69) is 18.7 Å². The Morgan fingerprint density at radius 1 is 1.33 bits per heavy atom. The van der Waals surface area contributed by atoms with Gasteiger partial charge in [-0.2, -0.15) is 0 Å². The van der Waals surface area contributed by atoms with Crippen molar-refractivity contribution in [2.75, 3.05) is 13.1 Å². The van der Waals surface area contributed by atoms with E-state index in [1.807, 2.05) is 0 Å². The van der Waals surface area contributed by atoms with Crippen molar-refractivity contribution in [3.8, 4) is 0 Å². The van der Waals surface area contributed by atoms with Gasteiger partial charge in [0.1, 0.15) is 0 Å². The zero-order valence-electron chi connectivity index (χ0n) is 10.3. The maximum absolute atomic E-state index is 11.8. The number of hydrogen-bond acceptors (Lipinski definition) is 1. The van der Waals surface area contributed by atoms with Crippen LogP contribution in [0, 0.1) is 5.92 Å². The predicted octanol–water partition coefficient (Wildman–Crippen LogP) is 3.22. The molecule has 1 unspecified atom stereocenters. The minimum atomic E-state index is 0.387. The van der Waals surface area contributed by atoms with E-state index in [1.54, 1.807) is 0 Å². The quantitative estimate of drug-likeness (QED) is 0.683. The number of carbonyl (C=O) groups excluding carboxylic acids is 1. The van der Waals surface area contributed by atoms with Gasteiger partial charge in [0.2, 0.25) is 5.91 Å². The topological polar surface area (TPSA) is 20.3 Å². The molecular formula is C13H25NO. The van der Waals surface area contributed by atoms with Crippen molar-refractivity contribution in [2.24, 2.45) is 5.92 Å². The summed E-state index contributed by atoms with van der Waals surface area (Å²) in [6.45, 7) is 6.40. The molecule has 1 aliphatic heterocycles. The third-order valence-corrected chi connectivity index (χ3v) is 3.31. The Morgan fingerprint density at radius 2 is 2.13 bits per heavy atom. The molecule has 1 aliphatic rings. The molecule has 0 bridgehead atoms. The zero-order valence-corrected chi connectivity index (χ0v) is 10.3. The lowest BCUT2D eigenvalue weighted by Gasteiger charge is -2.32. The number of rotatable bonds is 5. The Bertz CT molecular complexity index is 189. The van der Waals surface area contributed by atoms with Crippen LogP contribution in [0.5, 0.6) is 0 Å². The minimum Gasteiger partial charge on any atom is -0.342 e. The van der Waals surface area contributed by atoms with Gasteiger partial charge in [-0.3, -0.25) is 4.79 Å². The molecule has 2 nitrogen and oxygen atoms in total. The number of amides is 1. The predicted molar refractivity (Wildman–Crippen MR) is 63.7 cm³/mol. The molecule has 0 aliphatic carbocycles. The van der Waals surface area contributed by atoms with Crippen LogP contribution in [-0.4, -0.2) is 23.9 Å². The molecule has 1 heterocycles. The summed E-state index contributed by atoms with van der Waals surface area (Å²) < 4.78 is 0. The van der Waals surface area contributed by atoms with Gasteiger partial charge in [-0.25, -0.2) is 0 Å². The fourth-order valence-corrected chi connectivity index (χ4v) is 2.42. The van der Waals surface area contributed by atoms with E-state index in [1.165, 1.54) is 25.7 Å². The SMILES string of the molecule is CCCCC(=O)N1CCCC(CCC)C1. The molecule has 0 aromatic heterocycles. The van der Waals surface area contributed by atoms with Gasteiger partial charge in [0.05, 0.1) is 0 Å². The van der Waals surface area contributed by atoms with Gasteiger partial charge in [-0.1, -0.05) is 26.7 Å². The number of nitrogens with zero attached hydrogens (tertiary/aromatic N) is 1. The highest BCUT2D eigenvalue weighted by atomic mass is 16.2. The van der Waals surface area contributed by atoms with E-state index in [0.29, 0.717) is 5.91 Å². The van der Waals surface area contributed by atoms with Gasteiger partial charge in [-0.15, -0.1) is 0 Å². The molecule has 0 saturated carbocycles. The van der Waals surface area contributed by atoms with E-state index in [0.717, 1.165) is 38.3 Å². The summed E-state index contributed by atoms with van der Waals surface area (Å²) in [6, 6.07) is 0. The molecular weight excluding hydrogens is 186 g/mol. The maximum atomic E-state index is 11.8. The molecule has 2 heteroatoms. The van der Waals surface area contributed by atoms with Gasteiger partial charge in [0.15, 0.2) is 0 Å². The summed E-state index contributed by atoms with van der Waals surface area (Å²) in [5, 5.41) is 0. The Kier molecular flexibility index (Phi) is 5.74. The lowest BCUT2D eigenvalue weighted by atomic mass is 9.93. The van der Waals surface area contributed by atoms with Gasteiger partial charge in [0.25, 0.3) is 0 Å². The van der Waals surface area contributed by atoms with Crippen molar-refractivity contribution < 1.29 is 4.79 Å². The summed E-state index contributed by atoms with van der Waals surface area (Å²) in [7, 11) is 0. The highest BCUT2D eigenvalue weighted by molar-refractivity contribution is 5.76. The first-order valence-electron chi connectivity index (χ1n) is 6.55. The lowest BCUT2D eigenvalue weighted by Crippen LogP contribution is -2.39. The molecule has 0 aromatic rings. The lowest BCUT2D eigenvalue weighted by molar-refractivity contribution is -0.133. The minimum absolute atomic E-state index is 0.387. The van der Waals surface area contributed by atoms with Crippen molar-refractivity contribution in [1.82, 2.24) is 4.90 Å². The van der Waals surface area contributed by atoms with Crippen LogP contribution in [0.2, 0.25) is 0 Å². The molecule has 15 heavy (non-hydrogen) atoms. The molecule has 1 amide bonds. The summed E-state index contributed by atoms with van der Waals surface area (Å²) in [5.74, 6) is 1.16. The second kappa shape index (κ2) is 6.86. The highest BCUT2D eigenvalue weighted by Gasteiger charge is 2.22. The number of unbranched alkanes of at least 4 members (excludes halogenated alkanes) is 1. The van der Waals surface area contributed by atoms with Crippen molar-refractivity contribution >= 4 is 5.91 Å². The molecule has 1 rings (SSSR count). The molecule has 0 N–H and O–H groups in total. The average molecular weight is 211 g/mol. The Hall–Kier alpha value is -0.530. The highest BCUT2D eigenvalue weighted by Crippen LogP contribution is 2.21. The fraction of sp³-hybridized carbons (Fsp3) is 0.923. The van der Waals surface area contributed by atoms with Crippen molar-refractivity contribution in [3.63, 3.8) is 0 Å². The summed E-state index contributed by atoms with van der Waals surface area (Å²) in [4.78, 5) is 13.9. The van der Waals surface area contributed by atoms with E-state index < -0.39 is 0 Å². The molecule has 0 aromatic carbocycles. The van der Waals surface area contributed by atoms with Crippen LogP contribution in [0.4, 0.5) is 0 Å². The number of hydrogen-bond donors (Lipinski definition) is 0. The Morgan fingerprint density at radius 3 is 2.80 bits per heavy atom. The van der Waals surface area contributed by atoms with Crippen molar-refractivity contribution in [2.45, 2.75) is 58.8 Å². The van der Waals surface area contributed by atoms with E-state index in [-0.39, 0.29) is 0 Å². The fourth-order valence-electron chi connectivity index (χ4n) is 2.42. The second-order valence-corrected chi connectivity index (χ2v) is 4.74. The molecule has 0 radical (unpaired) electrons. The van der Waals surface area contributed by atoms with Gasteiger partial charge < -0.3 is 4.90 Å². The van der Waals surface area contributed by atoms with Crippen LogP contribution in [0.3, 0.4) is 0 Å². The summed E-state index contributed by atoms with van der Waals surface area (Å²) in [5.41, 5.74) is 0. The first-order valence-corrected chi connectivity index (χ1v) is 6.55. The third kappa shape index (κ3) is 4.23. The van der Waals surface area contributed by atoms with Crippen LogP contribution in [-0.2, 0) is 4.79 Å². The van der Waals surface area contributed by atoms with Crippen molar-refractivity contribution in [3.05, 3.63) is 0 Å². The molecule has 88 valence electrons. The van der Waals surface area contributed by atoms with E-state index in [9.17, 15) is 4.79 Å². The molecule has 1 fully saturated rings. The second-order valence-electron chi connectivity index (χ2n) is 4.74. The molecule has 1 atom stereocenters. The van der Waals surface area contributed by atoms with Gasteiger partial charge in [-0.05, 0) is 31.6 Å². The third-order valence-electron chi connectivity index (χ3n) is 3.31. The summed E-state index contributed by atoms with van der Waals surface area (Å²) >= 11 is 0. The van der Waals surface area contributed by atoms with E-state index >= 15 is 0 Å². The Balaban J connectivity index is 2.31. The van der Waals surface area contributed by atoms with Gasteiger partial charge in [0, 0.05) is 19.5 Å². The average Bonchev–Trinajstić information content (AvgIpc) is 2.27. The molecule has 0 spiro atoms. The van der Waals surface area contributed by atoms with Crippen molar-refractivity contribution in [1.29, 1.82) is 0 Å². The zero-order chi connectivity index (χ0) is 11.1. The van der Waals surface area contributed by atoms with Gasteiger partial charge >= 0.3 is 0 Å². The largest absolute Gasteiger partial charge is 0.342 e. The van der Waals surface area contributed by atoms with Crippen LogP contribution >= 0.6 is 0 Å². The first-order chi connectivity index (χ1) is 7.27. The van der Waals surface area contributed by atoms with Crippen LogP contribution in [0.15, 0.2) is 0 Å². The van der Waals surface area contributed by atoms with Crippen LogP contribution in [0.1, 0.15) is 58.8 Å². The molecule has 1 saturated heterocycles. The summed E-state index contributed by atoms with van der Waals surface area (Å²) in [6.07, 6.45) is 8.01. The van der Waals surface area contributed by atoms with Crippen LogP contribution in [0.25, 0.3) is 0 Å². The monoisotopic (exact) mass is 211 g/mol. The normalized spacial score (nSPS) is 21.7. The van der Waals surface area contributed by atoms with Crippen LogP contribution < -0.4 is 0 Å². The standard InChI is InChI=1S/C13H25NO/c1-3-5-9-13(15)14-10-6-8-12(11-14)7-4-2/h12H,3-11H2,1-2H3. The Labute approximate surface area is 94.0 Å².